The number of hydrogen-bond donors (Lipinski definition) is 1. The minimum absolute atomic E-state index is 0.0641. The normalized spacial score (nSPS) is 14.2. The Labute approximate surface area is 133 Å². The highest BCUT2D eigenvalue weighted by atomic mass is 35.5. The van der Waals surface area contributed by atoms with E-state index in [2.05, 4.69) is 10.4 Å². The number of anilines is 1. The van der Waals surface area contributed by atoms with Crippen LogP contribution in [0.2, 0.25) is 10.0 Å². The van der Waals surface area contributed by atoms with Crippen LogP contribution in [0.1, 0.15) is 24.1 Å². The molecule has 1 amide bonds. The maximum absolute atomic E-state index is 11.7. The molecule has 1 aliphatic rings. The van der Waals surface area contributed by atoms with E-state index < -0.39 is 0 Å². The van der Waals surface area contributed by atoms with Crippen LogP contribution in [0.15, 0.2) is 24.3 Å². The summed E-state index contributed by atoms with van der Waals surface area (Å²) < 4.78 is 1.84. The molecule has 1 aliphatic carbocycles. The van der Waals surface area contributed by atoms with E-state index in [0.717, 1.165) is 24.1 Å². The van der Waals surface area contributed by atoms with Crippen molar-refractivity contribution in [2.24, 2.45) is 5.92 Å². The van der Waals surface area contributed by atoms with Crippen LogP contribution in [-0.2, 0) is 11.3 Å². The highest BCUT2D eigenvalue weighted by Crippen LogP contribution is 2.30. The molecule has 1 N–H and O–H groups in total. The SMILES string of the molecule is Cc1cc(NC(=O)C2CC2)nn1Cc1ccc(Cl)c(Cl)c1. The molecule has 6 heteroatoms. The zero-order valence-corrected chi connectivity index (χ0v) is 13.1. The molecule has 0 unspecified atom stereocenters. The Balaban J connectivity index is 1.74. The third kappa shape index (κ3) is 3.39. The summed E-state index contributed by atoms with van der Waals surface area (Å²) in [4.78, 5) is 11.7. The Hall–Kier alpha value is -1.52. The topological polar surface area (TPSA) is 46.9 Å². The summed E-state index contributed by atoms with van der Waals surface area (Å²) in [5.74, 6) is 0.837. The first-order valence-corrected chi connectivity index (χ1v) is 7.58. The summed E-state index contributed by atoms with van der Waals surface area (Å²) in [6.45, 7) is 2.54. The summed E-state index contributed by atoms with van der Waals surface area (Å²) in [6.07, 6.45) is 1.96. The van der Waals surface area contributed by atoms with Crippen molar-refractivity contribution in [1.82, 2.24) is 9.78 Å². The molecular formula is C15H15Cl2N3O. The molecule has 2 aromatic rings. The summed E-state index contributed by atoms with van der Waals surface area (Å²) in [7, 11) is 0. The van der Waals surface area contributed by atoms with E-state index in [1.54, 1.807) is 6.07 Å². The molecule has 0 saturated heterocycles. The summed E-state index contributed by atoms with van der Waals surface area (Å²) in [5.41, 5.74) is 1.99. The molecule has 1 aromatic heterocycles. The van der Waals surface area contributed by atoms with Gasteiger partial charge in [-0.3, -0.25) is 9.48 Å². The first kappa shape index (κ1) is 14.4. The Kier molecular flexibility index (Phi) is 3.91. The van der Waals surface area contributed by atoms with Gasteiger partial charge in [0.25, 0.3) is 0 Å². The quantitative estimate of drug-likeness (QED) is 0.927. The number of aromatic nitrogens is 2. The van der Waals surface area contributed by atoms with Gasteiger partial charge in [-0.2, -0.15) is 5.10 Å². The van der Waals surface area contributed by atoms with E-state index >= 15 is 0 Å². The maximum Gasteiger partial charge on any atom is 0.228 e. The van der Waals surface area contributed by atoms with Gasteiger partial charge < -0.3 is 5.32 Å². The third-order valence-electron chi connectivity index (χ3n) is 3.50. The fourth-order valence-electron chi connectivity index (χ4n) is 2.12. The molecule has 0 bridgehead atoms. The molecular weight excluding hydrogens is 309 g/mol. The average Bonchev–Trinajstić information content (AvgIpc) is 3.22. The highest BCUT2D eigenvalue weighted by molar-refractivity contribution is 6.42. The van der Waals surface area contributed by atoms with Crippen LogP contribution in [0, 0.1) is 12.8 Å². The third-order valence-corrected chi connectivity index (χ3v) is 4.24. The largest absolute Gasteiger partial charge is 0.309 e. The Morgan fingerprint density at radius 3 is 2.76 bits per heavy atom. The minimum atomic E-state index is 0.0641. The second-order valence-electron chi connectivity index (χ2n) is 5.34. The fourth-order valence-corrected chi connectivity index (χ4v) is 2.44. The zero-order chi connectivity index (χ0) is 15.0. The Bertz CT molecular complexity index is 692. The standard InChI is InChI=1S/C15H15Cl2N3O/c1-9-6-14(18-15(21)11-3-4-11)19-20(9)8-10-2-5-12(16)13(17)7-10/h2,5-7,11H,3-4,8H2,1H3,(H,18,19,21). The average molecular weight is 324 g/mol. The summed E-state index contributed by atoms with van der Waals surface area (Å²) >= 11 is 11.9. The molecule has 0 radical (unpaired) electrons. The molecule has 1 heterocycles. The number of nitrogens with zero attached hydrogens (tertiary/aromatic N) is 2. The van der Waals surface area contributed by atoms with Crippen LogP contribution < -0.4 is 5.32 Å². The van der Waals surface area contributed by atoms with E-state index in [-0.39, 0.29) is 11.8 Å². The van der Waals surface area contributed by atoms with Crippen molar-refractivity contribution in [1.29, 1.82) is 0 Å². The van der Waals surface area contributed by atoms with Gasteiger partial charge in [0.15, 0.2) is 5.82 Å². The van der Waals surface area contributed by atoms with Gasteiger partial charge in [0.1, 0.15) is 0 Å². The smallest absolute Gasteiger partial charge is 0.228 e. The lowest BCUT2D eigenvalue weighted by Crippen LogP contribution is -2.14. The van der Waals surface area contributed by atoms with E-state index in [9.17, 15) is 4.79 Å². The van der Waals surface area contributed by atoms with Crippen molar-refractivity contribution in [3.05, 3.63) is 45.6 Å². The van der Waals surface area contributed by atoms with E-state index in [1.165, 1.54) is 0 Å². The van der Waals surface area contributed by atoms with Crippen LogP contribution in [0.4, 0.5) is 5.82 Å². The van der Waals surface area contributed by atoms with Gasteiger partial charge in [0.2, 0.25) is 5.91 Å². The van der Waals surface area contributed by atoms with Gasteiger partial charge in [-0.1, -0.05) is 29.3 Å². The zero-order valence-electron chi connectivity index (χ0n) is 11.6. The molecule has 21 heavy (non-hydrogen) atoms. The number of benzene rings is 1. The van der Waals surface area contributed by atoms with Crippen molar-refractivity contribution < 1.29 is 4.79 Å². The highest BCUT2D eigenvalue weighted by Gasteiger charge is 2.30. The van der Waals surface area contributed by atoms with E-state index in [1.807, 2.05) is 29.8 Å². The molecule has 1 fully saturated rings. The van der Waals surface area contributed by atoms with Crippen LogP contribution in [-0.4, -0.2) is 15.7 Å². The van der Waals surface area contributed by atoms with Gasteiger partial charge >= 0.3 is 0 Å². The van der Waals surface area contributed by atoms with Crippen LogP contribution in [0.3, 0.4) is 0 Å². The van der Waals surface area contributed by atoms with Crippen LogP contribution in [0.25, 0.3) is 0 Å². The predicted octanol–water partition coefficient (Wildman–Crippen LogP) is 3.90. The van der Waals surface area contributed by atoms with Gasteiger partial charge in [-0.05, 0) is 37.5 Å². The molecule has 3 rings (SSSR count). The first-order valence-electron chi connectivity index (χ1n) is 6.82. The number of amides is 1. The molecule has 110 valence electrons. The van der Waals surface area contributed by atoms with Crippen molar-refractivity contribution in [3.63, 3.8) is 0 Å². The number of carbonyl (C=O) groups excluding carboxylic acids is 1. The Morgan fingerprint density at radius 2 is 2.10 bits per heavy atom. The molecule has 1 aromatic carbocycles. The molecule has 4 nitrogen and oxygen atoms in total. The molecule has 1 saturated carbocycles. The maximum atomic E-state index is 11.7. The second-order valence-corrected chi connectivity index (χ2v) is 6.15. The summed E-state index contributed by atoms with van der Waals surface area (Å²) in [6, 6.07) is 7.39. The lowest BCUT2D eigenvalue weighted by Gasteiger charge is -2.06. The number of halogens is 2. The van der Waals surface area contributed by atoms with Gasteiger partial charge in [0.05, 0.1) is 16.6 Å². The number of carbonyl (C=O) groups is 1. The van der Waals surface area contributed by atoms with Crippen LogP contribution >= 0.6 is 23.2 Å². The van der Waals surface area contributed by atoms with Gasteiger partial charge in [-0.15, -0.1) is 0 Å². The monoisotopic (exact) mass is 323 g/mol. The van der Waals surface area contributed by atoms with Crippen molar-refractivity contribution in [2.75, 3.05) is 5.32 Å². The van der Waals surface area contributed by atoms with E-state index in [0.29, 0.717) is 22.4 Å². The van der Waals surface area contributed by atoms with Crippen LogP contribution in [0.5, 0.6) is 0 Å². The molecule has 0 spiro atoms. The van der Waals surface area contributed by atoms with Crippen molar-refractivity contribution in [3.8, 4) is 0 Å². The minimum Gasteiger partial charge on any atom is -0.309 e. The number of aryl methyl sites for hydroxylation is 1. The second kappa shape index (κ2) is 5.70. The number of nitrogens with one attached hydrogen (secondary N) is 1. The summed E-state index contributed by atoms with van der Waals surface area (Å²) in [5, 5.41) is 8.34. The number of hydrogen-bond acceptors (Lipinski definition) is 2. The number of rotatable bonds is 4. The predicted molar refractivity (Wildman–Crippen MR) is 83.9 cm³/mol. The van der Waals surface area contributed by atoms with E-state index in [4.69, 9.17) is 23.2 Å². The lowest BCUT2D eigenvalue weighted by atomic mass is 10.2. The lowest BCUT2D eigenvalue weighted by molar-refractivity contribution is -0.117. The first-order chi connectivity index (χ1) is 10.0. The molecule has 0 aliphatic heterocycles. The van der Waals surface area contributed by atoms with Gasteiger partial charge in [0, 0.05) is 17.7 Å². The fraction of sp³-hybridized carbons (Fsp3) is 0.333. The van der Waals surface area contributed by atoms with Gasteiger partial charge in [-0.25, -0.2) is 0 Å². The van der Waals surface area contributed by atoms with Crippen molar-refractivity contribution >= 4 is 34.9 Å². The Morgan fingerprint density at radius 1 is 1.33 bits per heavy atom. The van der Waals surface area contributed by atoms with Crippen molar-refractivity contribution in [2.45, 2.75) is 26.3 Å². The molecule has 0 atom stereocenters.